The first-order valence-electron chi connectivity index (χ1n) is 9.82. The van der Waals surface area contributed by atoms with Crippen molar-refractivity contribution >= 4 is 44.9 Å². The van der Waals surface area contributed by atoms with Crippen LogP contribution < -0.4 is 5.32 Å². The SMILES string of the molecule is COC(=O)CCCCCNC(=S)N1CCN(Cc2nc3ccccc3s2)CC1. The van der Waals surface area contributed by atoms with Gasteiger partial charge < -0.3 is 15.0 Å². The van der Waals surface area contributed by atoms with E-state index in [2.05, 4.69) is 38.1 Å². The van der Waals surface area contributed by atoms with Gasteiger partial charge in [0.25, 0.3) is 0 Å². The predicted octanol–water partition coefficient (Wildman–Crippen LogP) is 3.02. The van der Waals surface area contributed by atoms with E-state index in [0.29, 0.717) is 6.42 Å². The highest BCUT2D eigenvalue weighted by Crippen LogP contribution is 2.23. The van der Waals surface area contributed by atoms with Crippen LogP contribution in [-0.4, -0.2) is 65.7 Å². The summed E-state index contributed by atoms with van der Waals surface area (Å²) in [6.45, 7) is 5.64. The summed E-state index contributed by atoms with van der Waals surface area (Å²) >= 11 is 7.32. The van der Waals surface area contributed by atoms with Crippen molar-refractivity contribution in [2.24, 2.45) is 0 Å². The lowest BCUT2D eigenvalue weighted by atomic mass is 10.2. The number of thiazole rings is 1. The van der Waals surface area contributed by atoms with Crippen LogP contribution in [0.4, 0.5) is 0 Å². The Hall–Kier alpha value is -1.77. The van der Waals surface area contributed by atoms with E-state index >= 15 is 0 Å². The Balaban J connectivity index is 1.32. The fraction of sp³-hybridized carbons (Fsp3) is 0.550. The Kier molecular flexibility index (Phi) is 8.00. The molecule has 0 saturated carbocycles. The van der Waals surface area contributed by atoms with E-state index in [-0.39, 0.29) is 5.97 Å². The summed E-state index contributed by atoms with van der Waals surface area (Å²) in [4.78, 5) is 20.5. The summed E-state index contributed by atoms with van der Waals surface area (Å²) < 4.78 is 5.90. The van der Waals surface area contributed by atoms with Crippen LogP contribution >= 0.6 is 23.6 Å². The molecule has 8 heteroatoms. The number of methoxy groups -OCH3 is 1. The molecule has 2 aromatic rings. The maximum atomic E-state index is 11.1. The zero-order valence-electron chi connectivity index (χ0n) is 16.4. The van der Waals surface area contributed by atoms with Crippen molar-refractivity contribution in [3.05, 3.63) is 29.3 Å². The van der Waals surface area contributed by atoms with Crippen LogP contribution in [0.25, 0.3) is 10.2 Å². The van der Waals surface area contributed by atoms with Gasteiger partial charge in [-0.15, -0.1) is 11.3 Å². The lowest BCUT2D eigenvalue weighted by Gasteiger charge is -2.35. The Morgan fingerprint density at radius 1 is 1.21 bits per heavy atom. The normalized spacial score (nSPS) is 15.0. The average molecular weight is 421 g/mol. The van der Waals surface area contributed by atoms with Gasteiger partial charge in [-0.25, -0.2) is 4.98 Å². The molecule has 1 aromatic heterocycles. The third kappa shape index (κ3) is 6.12. The summed E-state index contributed by atoms with van der Waals surface area (Å²) in [6.07, 6.45) is 3.37. The molecule has 1 aliphatic heterocycles. The van der Waals surface area contributed by atoms with E-state index < -0.39 is 0 Å². The van der Waals surface area contributed by atoms with E-state index in [0.717, 1.165) is 69.2 Å². The van der Waals surface area contributed by atoms with Gasteiger partial charge in [-0.3, -0.25) is 9.69 Å². The highest BCUT2D eigenvalue weighted by atomic mass is 32.1. The van der Waals surface area contributed by atoms with E-state index in [9.17, 15) is 4.79 Å². The maximum absolute atomic E-state index is 11.1. The molecule has 0 atom stereocenters. The molecule has 0 bridgehead atoms. The number of esters is 1. The molecule has 2 heterocycles. The molecule has 152 valence electrons. The molecular weight excluding hydrogens is 392 g/mol. The summed E-state index contributed by atoms with van der Waals surface area (Å²) in [7, 11) is 1.43. The quantitative estimate of drug-likeness (QED) is 0.400. The molecule has 28 heavy (non-hydrogen) atoms. The average Bonchev–Trinajstić information content (AvgIpc) is 3.13. The van der Waals surface area contributed by atoms with Crippen LogP contribution in [0.5, 0.6) is 0 Å². The zero-order valence-corrected chi connectivity index (χ0v) is 18.0. The molecule has 1 N–H and O–H groups in total. The molecule has 1 aromatic carbocycles. The van der Waals surface area contributed by atoms with Crippen molar-refractivity contribution in [2.45, 2.75) is 32.2 Å². The summed E-state index contributed by atoms with van der Waals surface area (Å²) in [6, 6.07) is 8.31. The first-order valence-corrected chi connectivity index (χ1v) is 11.0. The Morgan fingerprint density at radius 3 is 2.75 bits per heavy atom. The van der Waals surface area contributed by atoms with Crippen molar-refractivity contribution in [3.8, 4) is 0 Å². The maximum Gasteiger partial charge on any atom is 0.305 e. The standard InChI is InChI=1S/C20H28N4O2S2/c1-26-19(25)9-3-2-6-10-21-20(27)24-13-11-23(12-14-24)15-18-22-16-7-4-5-8-17(16)28-18/h4-5,7-8H,2-3,6,9-15H2,1H3,(H,21,27). The molecule has 1 fully saturated rings. The minimum Gasteiger partial charge on any atom is -0.469 e. The Labute approximate surface area is 175 Å². The largest absolute Gasteiger partial charge is 0.469 e. The monoisotopic (exact) mass is 420 g/mol. The number of rotatable bonds is 8. The lowest BCUT2D eigenvalue weighted by Crippen LogP contribution is -2.51. The van der Waals surface area contributed by atoms with Gasteiger partial charge >= 0.3 is 5.97 Å². The molecule has 3 rings (SSSR count). The van der Waals surface area contributed by atoms with Crippen LogP contribution in [0.3, 0.4) is 0 Å². The van der Waals surface area contributed by atoms with Crippen molar-refractivity contribution < 1.29 is 9.53 Å². The predicted molar refractivity (Wildman–Crippen MR) is 118 cm³/mol. The van der Waals surface area contributed by atoms with Gasteiger partial charge in [-0.05, 0) is 37.2 Å². The number of nitrogens with zero attached hydrogens (tertiary/aromatic N) is 3. The zero-order chi connectivity index (χ0) is 19.8. The lowest BCUT2D eigenvalue weighted by molar-refractivity contribution is -0.140. The van der Waals surface area contributed by atoms with Gasteiger partial charge in [-0.2, -0.15) is 0 Å². The van der Waals surface area contributed by atoms with E-state index in [1.165, 1.54) is 16.8 Å². The number of carbonyl (C=O) groups excluding carboxylic acids is 1. The summed E-state index contributed by atoms with van der Waals surface area (Å²) in [5.41, 5.74) is 1.10. The molecular formula is C20H28N4O2S2. The number of hydrogen-bond donors (Lipinski definition) is 1. The number of aromatic nitrogens is 1. The van der Waals surface area contributed by atoms with Crippen molar-refractivity contribution in [1.82, 2.24) is 20.1 Å². The fourth-order valence-corrected chi connectivity index (χ4v) is 4.56. The minimum atomic E-state index is -0.132. The fourth-order valence-electron chi connectivity index (χ4n) is 3.27. The second-order valence-electron chi connectivity index (χ2n) is 6.96. The van der Waals surface area contributed by atoms with Crippen LogP contribution in [0.2, 0.25) is 0 Å². The minimum absolute atomic E-state index is 0.132. The number of fused-ring (bicyclic) bond motifs is 1. The van der Waals surface area contributed by atoms with Crippen LogP contribution in [0.15, 0.2) is 24.3 Å². The topological polar surface area (TPSA) is 57.7 Å². The third-order valence-electron chi connectivity index (χ3n) is 4.92. The van der Waals surface area contributed by atoms with Gasteiger partial charge in [0, 0.05) is 39.1 Å². The highest BCUT2D eigenvalue weighted by molar-refractivity contribution is 7.80. The van der Waals surface area contributed by atoms with Gasteiger partial charge in [0.05, 0.1) is 23.9 Å². The number of piperazine rings is 1. The Morgan fingerprint density at radius 2 is 2.00 bits per heavy atom. The second-order valence-corrected chi connectivity index (χ2v) is 8.46. The molecule has 0 aliphatic carbocycles. The molecule has 1 aliphatic rings. The number of nitrogens with one attached hydrogen (secondary N) is 1. The van der Waals surface area contributed by atoms with Gasteiger partial charge in [-0.1, -0.05) is 18.6 Å². The van der Waals surface area contributed by atoms with Crippen molar-refractivity contribution in [3.63, 3.8) is 0 Å². The summed E-state index contributed by atoms with van der Waals surface area (Å²) in [5, 5.41) is 5.37. The number of ether oxygens (including phenoxy) is 1. The number of thiocarbonyl (C=S) groups is 1. The summed E-state index contributed by atoms with van der Waals surface area (Å²) in [5.74, 6) is -0.132. The molecule has 0 radical (unpaired) electrons. The number of hydrogen-bond acceptors (Lipinski definition) is 6. The van der Waals surface area contributed by atoms with E-state index in [1.54, 1.807) is 11.3 Å². The van der Waals surface area contributed by atoms with Crippen molar-refractivity contribution in [2.75, 3.05) is 39.8 Å². The Bertz CT molecular complexity index is 754. The molecule has 0 spiro atoms. The molecule has 1 saturated heterocycles. The highest BCUT2D eigenvalue weighted by Gasteiger charge is 2.19. The molecule has 0 unspecified atom stereocenters. The van der Waals surface area contributed by atoms with Gasteiger partial charge in [0.1, 0.15) is 5.01 Å². The van der Waals surface area contributed by atoms with E-state index in [1.807, 2.05) is 6.07 Å². The second kappa shape index (κ2) is 10.7. The number of carbonyl (C=O) groups is 1. The third-order valence-corrected chi connectivity index (χ3v) is 6.34. The molecule has 6 nitrogen and oxygen atoms in total. The number of para-hydroxylation sites is 1. The molecule has 0 amide bonds. The van der Waals surface area contributed by atoms with E-state index in [4.69, 9.17) is 17.2 Å². The van der Waals surface area contributed by atoms with Crippen LogP contribution in [0.1, 0.15) is 30.7 Å². The number of unbranched alkanes of at least 4 members (excludes halogenated alkanes) is 2. The first kappa shape index (κ1) is 21.0. The smallest absolute Gasteiger partial charge is 0.305 e. The number of benzene rings is 1. The van der Waals surface area contributed by atoms with Crippen LogP contribution in [0, 0.1) is 0 Å². The van der Waals surface area contributed by atoms with Crippen molar-refractivity contribution in [1.29, 1.82) is 0 Å². The van der Waals surface area contributed by atoms with Gasteiger partial charge in [0.2, 0.25) is 0 Å². The van der Waals surface area contributed by atoms with Crippen LogP contribution in [-0.2, 0) is 16.1 Å². The van der Waals surface area contributed by atoms with Gasteiger partial charge in [0.15, 0.2) is 5.11 Å². The first-order chi connectivity index (χ1) is 13.7.